The quantitative estimate of drug-likeness (QED) is 0.742. The zero-order chi connectivity index (χ0) is 16.4. The maximum absolute atomic E-state index is 4.66. The zero-order valence-corrected chi connectivity index (χ0v) is 14.8. The molecular weight excluding hydrogens is 272 g/mol. The Morgan fingerprint density at radius 3 is 1.73 bits per heavy atom. The Hall–Kier alpha value is -1.84. The molecule has 1 aromatic rings. The summed E-state index contributed by atoms with van der Waals surface area (Å²) < 4.78 is 0. The van der Waals surface area contributed by atoms with E-state index in [4.69, 9.17) is 0 Å². The fourth-order valence-electron chi connectivity index (χ4n) is 2.90. The van der Waals surface area contributed by atoms with Gasteiger partial charge in [0, 0.05) is 24.5 Å². The molecular formula is C18H28N4. The average molecular weight is 300 g/mol. The van der Waals surface area contributed by atoms with Gasteiger partial charge in [0.25, 0.3) is 0 Å². The number of hydrogen-bond donors (Lipinski definition) is 0. The van der Waals surface area contributed by atoms with E-state index in [1.165, 1.54) is 16.7 Å². The van der Waals surface area contributed by atoms with Gasteiger partial charge in [0.15, 0.2) is 0 Å². The molecule has 0 aliphatic carbocycles. The first kappa shape index (κ1) is 16.5. The van der Waals surface area contributed by atoms with Crippen molar-refractivity contribution in [3.63, 3.8) is 0 Å². The van der Waals surface area contributed by atoms with Crippen molar-refractivity contribution in [1.82, 2.24) is 9.80 Å². The van der Waals surface area contributed by atoms with Gasteiger partial charge in [-0.05, 0) is 59.6 Å². The van der Waals surface area contributed by atoms with E-state index in [2.05, 4.69) is 93.0 Å². The summed E-state index contributed by atoms with van der Waals surface area (Å²) in [5.41, 5.74) is 4.62. The number of nitrogens with zero attached hydrogens (tertiary/aromatic N) is 4. The molecule has 0 saturated heterocycles. The van der Waals surface area contributed by atoms with E-state index < -0.39 is 0 Å². The fourth-order valence-corrected chi connectivity index (χ4v) is 2.90. The second-order valence-corrected chi connectivity index (χ2v) is 6.69. The first-order chi connectivity index (χ1) is 10.3. The van der Waals surface area contributed by atoms with Crippen molar-refractivity contribution in [2.75, 3.05) is 0 Å². The highest BCUT2D eigenvalue weighted by atomic mass is 15.5. The molecule has 1 aliphatic rings. The van der Waals surface area contributed by atoms with Crippen molar-refractivity contribution >= 4 is 5.69 Å². The van der Waals surface area contributed by atoms with Gasteiger partial charge in [-0.2, -0.15) is 5.11 Å². The fraction of sp³-hybridized carbons (Fsp3) is 0.556. The maximum atomic E-state index is 4.66. The smallest absolute Gasteiger partial charge is 0.218 e. The third-order valence-electron chi connectivity index (χ3n) is 4.03. The Kier molecular flexibility index (Phi) is 4.89. The highest BCUT2D eigenvalue weighted by Crippen LogP contribution is 2.28. The Balaban J connectivity index is 2.30. The predicted molar refractivity (Wildman–Crippen MR) is 92.0 cm³/mol. The van der Waals surface area contributed by atoms with Crippen LogP contribution >= 0.6 is 0 Å². The molecule has 4 nitrogen and oxygen atoms in total. The lowest BCUT2D eigenvalue weighted by Crippen LogP contribution is -2.43. The van der Waals surface area contributed by atoms with Crippen LogP contribution in [0.25, 0.3) is 0 Å². The molecule has 0 aromatic heterocycles. The van der Waals surface area contributed by atoms with Crippen LogP contribution in [0.4, 0.5) is 5.69 Å². The molecule has 0 radical (unpaired) electrons. The lowest BCUT2D eigenvalue weighted by Gasteiger charge is -2.33. The molecule has 120 valence electrons. The van der Waals surface area contributed by atoms with Crippen LogP contribution in [-0.2, 0) is 0 Å². The third-order valence-corrected chi connectivity index (χ3v) is 4.03. The highest BCUT2D eigenvalue weighted by Gasteiger charge is 2.29. The van der Waals surface area contributed by atoms with Gasteiger partial charge >= 0.3 is 0 Å². The van der Waals surface area contributed by atoms with Crippen molar-refractivity contribution in [3.8, 4) is 0 Å². The van der Waals surface area contributed by atoms with E-state index >= 15 is 0 Å². The van der Waals surface area contributed by atoms with Crippen LogP contribution in [-0.4, -0.2) is 28.2 Å². The van der Waals surface area contributed by atoms with Gasteiger partial charge in [0.2, 0.25) is 6.29 Å². The topological polar surface area (TPSA) is 31.2 Å². The van der Waals surface area contributed by atoms with Crippen molar-refractivity contribution in [2.24, 2.45) is 10.2 Å². The average Bonchev–Trinajstić information content (AvgIpc) is 2.81. The largest absolute Gasteiger partial charge is 0.334 e. The molecule has 2 rings (SSSR count). The van der Waals surface area contributed by atoms with Crippen LogP contribution in [0.3, 0.4) is 0 Å². The summed E-state index contributed by atoms with van der Waals surface area (Å²) >= 11 is 0. The van der Waals surface area contributed by atoms with Gasteiger partial charge in [-0.3, -0.25) is 0 Å². The predicted octanol–water partition coefficient (Wildman–Crippen LogP) is 4.88. The van der Waals surface area contributed by atoms with Crippen LogP contribution in [0.2, 0.25) is 0 Å². The minimum Gasteiger partial charge on any atom is -0.334 e. The lowest BCUT2D eigenvalue weighted by molar-refractivity contribution is 0.106. The summed E-state index contributed by atoms with van der Waals surface area (Å²) in [6, 6.07) is 5.11. The van der Waals surface area contributed by atoms with Crippen molar-refractivity contribution in [1.29, 1.82) is 0 Å². The highest BCUT2D eigenvalue weighted by molar-refractivity contribution is 5.53. The molecule has 0 fully saturated rings. The number of rotatable bonds is 4. The van der Waals surface area contributed by atoms with Gasteiger partial charge in [-0.15, -0.1) is 5.11 Å². The van der Waals surface area contributed by atoms with Gasteiger partial charge in [0.1, 0.15) is 0 Å². The van der Waals surface area contributed by atoms with Crippen molar-refractivity contribution in [3.05, 3.63) is 41.2 Å². The Bertz CT molecular complexity index is 546. The van der Waals surface area contributed by atoms with E-state index in [0.717, 1.165) is 5.69 Å². The van der Waals surface area contributed by atoms with E-state index in [0.29, 0.717) is 12.1 Å². The number of aryl methyl sites for hydroxylation is 3. The molecule has 0 saturated carbocycles. The van der Waals surface area contributed by atoms with Crippen LogP contribution in [0, 0.1) is 20.8 Å². The maximum Gasteiger partial charge on any atom is 0.218 e. The minimum atomic E-state index is -0.0555. The van der Waals surface area contributed by atoms with Crippen molar-refractivity contribution in [2.45, 2.75) is 66.8 Å². The molecule has 0 spiro atoms. The van der Waals surface area contributed by atoms with Crippen LogP contribution < -0.4 is 0 Å². The van der Waals surface area contributed by atoms with Gasteiger partial charge < -0.3 is 9.80 Å². The molecule has 0 N–H and O–H groups in total. The Labute approximate surface area is 134 Å². The first-order valence-corrected chi connectivity index (χ1v) is 8.03. The second kappa shape index (κ2) is 6.51. The molecule has 0 unspecified atom stereocenters. The molecule has 1 heterocycles. The summed E-state index contributed by atoms with van der Waals surface area (Å²) in [4.78, 5) is 4.48. The molecule has 0 bridgehead atoms. The molecule has 1 aromatic carbocycles. The second-order valence-electron chi connectivity index (χ2n) is 6.69. The van der Waals surface area contributed by atoms with E-state index in [1.807, 2.05) is 0 Å². The zero-order valence-electron chi connectivity index (χ0n) is 14.8. The van der Waals surface area contributed by atoms with Gasteiger partial charge in [-0.25, -0.2) is 0 Å². The Morgan fingerprint density at radius 1 is 0.864 bits per heavy atom. The third kappa shape index (κ3) is 3.32. The summed E-state index contributed by atoms with van der Waals surface area (Å²) in [5, 5.41) is 9.26. The minimum absolute atomic E-state index is 0.0555. The van der Waals surface area contributed by atoms with Crippen molar-refractivity contribution < 1.29 is 0 Å². The summed E-state index contributed by atoms with van der Waals surface area (Å²) in [6.45, 7) is 15.0. The van der Waals surface area contributed by atoms with E-state index in [9.17, 15) is 0 Å². The SMILES string of the molecule is Cc1cc(C)c(N=NC2N(C(C)C)C=CN2C(C)C)c(C)c1. The van der Waals surface area contributed by atoms with E-state index in [1.54, 1.807) is 0 Å². The molecule has 22 heavy (non-hydrogen) atoms. The monoisotopic (exact) mass is 300 g/mol. The van der Waals surface area contributed by atoms with Crippen LogP contribution in [0.15, 0.2) is 34.8 Å². The summed E-state index contributed by atoms with van der Waals surface area (Å²) in [7, 11) is 0. The Morgan fingerprint density at radius 2 is 1.32 bits per heavy atom. The summed E-state index contributed by atoms with van der Waals surface area (Å²) in [6.07, 6.45) is 4.17. The van der Waals surface area contributed by atoms with Crippen LogP contribution in [0.5, 0.6) is 0 Å². The molecule has 0 amide bonds. The number of hydrogen-bond acceptors (Lipinski definition) is 4. The first-order valence-electron chi connectivity index (χ1n) is 8.03. The molecule has 0 atom stereocenters. The molecule has 1 aliphatic heterocycles. The normalized spacial score (nSPS) is 16.0. The number of benzene rings is 1. The van der Waals surface area contributed by atoms with E-state index in [-0.39, 0.29) is 6.29 Å². The van der Waals surface area contributed by atoms with Gasteiger partial charge in [-0.1, -0.05) is 17.7 Å². The van der Waals surface area contributed by atoms with Gasteiger partial charge in [0.05, 0.1) is 5.69 Å². The number of azo groups is 1. The van der Waals surface area contributed by atoms with Crippen LogP contribution in [0.1, 0.15) is 44.4 Å². The summed E-state index contributed by atoms with van der Waals surface area (Å²) in [5.74, 6) is 0. The standard InChI is InChI=1S/C18H28N4/c1-12(2)21-8-9-22(13(3)4)18(21)20-19-17-15(6)10-14(5)11-16(17)7/h8-13,18H,1-7H3. The lowest BCUT2D eigenvalue weighted by atomic mass is 10.1. The molecule has 4 heteroatoms.